The van der Waals surface area contributed by atoms with Crippen LogP contribution in [0.3, 0.4) is 0 Å². The predicted octanol–water partition coefficient (Wildman–Crippen LogP) is 1.67. The highest BCUT2D eigenvalue weighted by atomic mass is 15.1. The van der Waals surface area contributed by atoms with Crippen LogP contribution in [0.1, 0.15) is 30.0 Å². The fraction of sp³-hybridized carbons (Fsp3) is 0.600. The van der Waals surface area contributed by atoms with Crippen LogP contribution in [0.5, 0.6) is 0 Å². The van der Waals surface area contributed by atoms with E-state index >= 15 is 0 Å². The Morgan fingerprint density at radius 2 is 2.06 bits per heavy atom. The second-order valence-electron chi connectivity index (χ2n) is 5.41. The van der Waals surface area contributed by atoms with Gasteiger partial charge in [-0.3, -0.25) is 0 Å². The van der Waals surface area contributed by atoms with Crippen molar-refractivity contribution < 1.29 is 0 Å². The molecule has 1 fully saturated rings. The lowest BCUT2D eigenvalue weighted by molar-refractivity contribution is 0.173. The van der Waals surface area contributed by atoms with Crippen molar-refractivity contribution in [3.63, 3.8) is 0 Å². The van der Waals surface area contributed by atoms with Gasteiger partial charge in [0.25, 0.3) is 0 Å². The standard InChI is InChI=1S/C15H25N3/c1-12-3-2-4-14(11-12)15(17)13-5-8-18(9-6-13)10-7-16/h2-4,11,13,15H,5-10,16-17H2,1H3. The molecule has 1 atom stereocenters. The summed E-state index contributed by atoms with van der Waals surface area (Å²) in [4.78, 5) is 2.44. The van der Waals surface area contributed by atoms with Crippen LogP contribution in [-0.2, 0) is 0 Å². The summed E-state index contributed by atoms with van der Waals surface area (Å²) in [6.45, 7) is 6.18. The van der Waals surface area contributed by atoms with Crippen LogP contribution in [-0.4, -0.2) is 31.1 Å². The van der Waals surface area contributed by atoms with Crippen molar-refractivity contribution in [3.8, 4) is 0 Å². The summed E-state index contributed by atoms with van der Waals surface area (Å²) in [6, 6.07) is 8.79. The molecule has 1 saturated heterocycles. The van der Waals surface area contributed by atoms with Crippen LogP contribution in [0.25, 0.3) is 0 Å². The first-order valence-corrected chi connectivity index (χ1v) is 6.95. The predicted molar refractivity (Wildman–Crippen MR) is 76.3 cm³/mol. The quantitative estimate of drug-likeness (QED) is 0.851. The normalized spacial score (nSPS) is 19.9. The number of hydrogen-bond acceptors (Lipinski definition) is 3. The molecule has 0 amide bonds. The number of hydrogen-bond donors (Lipinski definition) is 2. The minimum atomic E-state index is 0.185. The van der Waals surface area contributed by atoms with Gasteiger partial charge in [-0.15, -0.1) is 0 Å². The van der Waals surface area contributed by atoms with Gasteiger partial charge in [0.05, 0.1) is 0 Å². The lowest BCUT2D eigenvalue weighted by Crippen LogP contribution is -2.39. The SMILES string of the molecule is Cc1cccc(C(N)C2CCN(CCN)CC2)c1. The lowest BCUT2D eigenvalue weighted by atomic mass is 9.85. The van der Waals surface area contributed by atoms with E-state index in [1.165, 1.54) is 24.0 Å². The van der Waals surface area contributed by atoms with Crippen LogP contribution in [0.4, 0.5) is 0 Å². The Bertz CT molecular complexity index is 370. The summed E-state index contributed by atoms with van der Waals surface area (Å²) in [5.41, 5.74) is 14.6. The van der Waals surface area contributed by atoms with Crippen molar-refractivity contribution in [2.75, 3.05) is 26.2 Å². The molecule has 1 aromatic rings. The van der Waals surface area contributed by atoms with E-state index < -0.39 is 0 Å². The maximum atomic E-state index is 6.41. The maximum absolute atomic E-state index is 6.41. The zero-order valence-electron chi connectivity index (χ0n) is 11.3. The number of nitrogens with two attached hydrogens (primary N) is 2. The minimum Gasteiger partial charge on any atom is -0.329 e. The Labute approximate surface area is 110 Å². The van der Waals surface area contributed by atoms with Crippen LogP contribution in [0, 0.1) is 12.8 Å². The first-order valence-electron chi connectivity index (χ1n) is 6.95. The fourth-order valence-electron chi connectivity index (χ4n) is 2.87. The van der Waals surface area contributed by atoms with Gasteiger partial charge >= 0.3 is 0 Å². The second kappa shape index (κ2) is 6.32. The van der Waals surface area contributed by atoms with Gasteiger partial charge in [0.2, 0.25) is 0 Å². The van der Waals surface area contributed by atoms with Crippen molar-refractivity contribution >= 4 is 0 Å². The molecule has 3 nitrogen and oxygen atoms in total. The molecule has 3 heteroatoms. The van der Waals surface area contributed by atoms with Crippen LogP contribution >= 0.6 is 0 Å². The molecular weight excluding hydrogens is 222 g/mol. The van der Waals surface area contributed by atoms with E-state index in [2.05, 4.69) is 36.1 Å². The first-order chi connectivity index (χ1) is 8.70. The molecule has 2 rings (SSSR count). The number of aryl methyl sites for hydroxylation is 1. The molecule has 0 spiro atoms. The average molecular weight is 247 g/mol. The smallest absolute Gasteiger partial charge is 0.0324 e. The molecular formula is C15H25N3. The number of likely N-dealkylation sites (tertiary alicyclic amines) is 1. The molecule has 1 aromatic carbocycles. The van der Waals surface area contributed by atoms with Gasteiger partial charge in [0.15, 0.2) is 0 Å². The van der Waals surface area contributed by atoms with Gasteiger partial charge < -0.3 is 16.4 Å². The monoisotopic (exact) mass is 247 g/mol. The molecule has 0 bridgehead atoms. The highest BCUT2D eigenvalue weighted by Crippen LogP contribution is 2.29. The Kier molecular flexibility index (Phi) is 4.75. The van der Waals surface area contributed by atoms with E-state index in [1.54, 1.807) is 0 Å². The Morgan fingerprint density at radius 1 is 1.33 bits per heavy atom. The molecule has 1 aliphatic rings. The molecule has 0 radical (unpaired) electrons. The third kappa shape index (κ3) is 3.31. The van der Waals surface area contributed by atoms with Gasteiger partial charge in [-0.2, -0.15) is 0 Å². The maximum Gasteiger partial charge on any atom is 0.0324 e. The van der Waals surface area contributed by atoms with Crippen molar-refractivity contribution in [1.29, 1.82) is 0 Å². The summed E-state index contributed by atoms with van der Waals surface area (Å²) in [7, 11) is 0. The molecule has 4 N–H and O–H groups in total. The topological polar surface area (TPSA) is 55.3 Å². The minimum absolute atomic E-state index is 0.185. The Balaban J connectivity index is 1.93. The van der Waals surface area contributed by atoms with E-state index in [-0.39, 0.29) is 6.04 Å². The van der Waals surface area contributed by atoms with Crippen molar-refractivity contribution in [1.82, 2.24) is 4.90 Å². The molecule has 0 aromatic heterocycles. The van der Waals surface area contributed by atoms with Crippen LogP contribution < -0.4 is 11.5 Å². The Hall–Kier alpha value is -0.900. The molecule has 1 heterocycles. The average Bonchev–Trinajstić information content (AvgIpc) is 2.39. The molecule has 18 heavy (non-hydrogen) atoms. The lowest BCUT2D eigenvalue weighted by Gasteiger charge is -2.34. The molecule has 0 aliphatic carbocycles. The molecule has 100 valence electrons. The fourth-order valence-corrected chi connectivity index (χ4v) is 2.87. The van der Waals surface area contributed by atoms with Gasteiger partial charge in [-0.1, -0.05) is 29.8 Å². The summed E-state index contributed by atoms with van der Waals surface area (Å²) in [5.74, 6) is 0.612. The van der Waals surface area contributed by atoms with Crippen molar-refractivity contribution in [2.45, 2.75) is 25.8 Å². The van der Waals surface area contributed by atoms with E-state index in [9.17, 15) is 0 Å². The highest BCUT2D eigenvalue weighted by molar-refractivity contribution is 5.25. The number of piperidine rings is 1. The van der Waals surface area contributed by atoms with Crippen molar-refractivity contribution in [2.24, 2.45) is 17.4 Å². The van der Waals surface area contributed by atoms with Crippen LogP contribution in [0.2, 0.25) is 0 Å². The van der Waals surface area contributed by atoms with Crippen molar-refractivity contribution in [3.05, 3.63) is 35.4 Å². The summed E-state index contributed by atoms with van der Waals surface area (Å²) in [6.07, 6.45) is 2.38. The number of benzene rings is 1. The Morgan fingerprint density at radius 3 is 2.67 bits per heavy atom. The number of nitrogens with zero attached hydrogens (tertiary/aromatic N) is 1. The van der Waals surface area contributed by atoms with Crippen LogP contribution in [0.15, 0.2) is 24.3 Å². The van der Waals surface area contributed by atoms with Gasteiger partial charge in [0, 0.05) is 19.1 Å². The number of rotatable bonds is 4. The zero-order valence-corrected chi connectivity index (χ0v) is 11.3. The van der Waals surface area contributed by atoms with E-state index in [0.717, 1.165) is 26.2 Å². The largest absolute Gasteiger partial charge is 0.329 e. The van der Waals surface area contributed by atoms with Gasteiger partial charge in [-0.25, -0.2) is 0 Å². The van der Waals surface area contributed by atoms with E-state index in [0.29, 0.717) is 5.92 Å². The van der Waals surface area contributed by atoms with E-state index in [4.69, 9.17) is 11.5 Å². The first kappa shape index (κ1) is 13.5. The summed E-state index contributed by atoms with van der Waals surface area (Å²) >= 11 is 0. The molecule has 1 unspecified atom stereocenters. The molecule has 0 saturated carbocycles. The summed E-state index contributed by atoms with van der Waals surface area (Å²) < 4.78 is 0. The zero-order chi connectivity index (χ0) is 13.0. The summed E-state index contributed by atoms with van der Waals surface area (Å²) in [5, 5.41) is 0. The molecule has 1 aliphatic heterocycles. The third-order valence-electron chi connectivity index (χ3n) is 4.01. The second-order valence-corrected chi connectivity index (χ2v) is 5.41. The van der Waals surface area contributed by atoms with Gasteiger partial charge in [-0.05, 0) is 44.3 Å². The third-order valence-corrected chi connectivity index (χ3v) is 4.01. The van der Waals surface area contributed by atoms with Gasteiger partial charge in [0.1, 0.15) is 0 Å². The van der Waals surface area contributed by atoms with E-state index in [1.807, 2.05) is 0 Å². The highest BCUT2D eigenvalue weighted by Gasteiger charge is 2.24.